The van der Waals surface area contributed by atoms with Gasteiger partial charge in [0.15, 0.2) is 0 Å². The predicted molar refractivity (Wildman–Crippen MR) is 187 cm³/mol. The van der Waals surface area contributed by atoms with Crippen LogP contribution < -0.4 is 9.47 Å². The van der Waals surface area contributed by atoms with Gasteiger partial charge in [0.05, 0.1) is 38.5 Å². The first-order valence-corrected chi connectivity index (χ1v) is 16.2. The van der Waals surface area contributed by atoms with Crippen molar-refractivity contribution in [2.45, 2.75) is 35.6 Å². The molecule has 2 aromatic heterocycles. The maximum Gasteiger partial charge on any atom is 0.305 e. The molecule has 7 heteroatoms. The summed E-state index contributed by atoms with van der Waals surface area (Å²) in [5, 5.41) is 2.24. The van der Waals surface area contributed by atoms with Crippen molar-refractivity contribution in [1.82, 2.24) is 9.55 Å². The summed E-state index contributed by atoms with van der Waals surface area (Å²) >= 11 is 1.71. The van der Waals surface area contributed by atoms with E-state index in [4.69, 9.17) is 19.2 Å². The van der Waals surface area contributed by atoms with Crippen molar-refractivity contribution in [2.24, 2.45) is 0 Å². The van der Waals surface area contributed by atoms with Crippen LogP contribution in [0, 0.1) is 0 Å². The molecule has 0 saturated carbocycles. The number of benzene rings is 4. The topological polar surface area (TPSA) is 62.6 Å². The fraction of sp³-hybridized carbons (Fsp3) is 0.179. The molecule has 0 N–H and O–H groups in total. The first-order valence-electron chi connectivity index (χ1n) is 15.4. The van der Waals surface area contributed by atoms with E-state index in [-0.39, 0.29) is 5.97 Å². The standard InChI is InChI=1S/C39H36N2O4S/c1-43-32-21-22-36-34(27-32)39(46-33-10-4-3-5-11-33)37(23-24-38(42)44-2)41(36)25-8-26-45-31-19-14-28(15-20-31)13-17-30-18-16-29-9-6-7-12-35(29)40-30/h3-7,9-22,27H,8,23-26H2,1-2H3/b17-13+. The van der Waals surface area contributed by atoms with Crippen molar-refractivity contribution in [2.75, 3.05) is 20.8 Å². The number of rotatable bonds is 13. The second-order valence-corrected chi connectivity index (χ2v) is 11.9. The third-order valence-electron chi connectivity index (χ3n) is 7.83. The smallest absolute Gasteiger partial charge is 0.305 e. The number of carbonyl (C=O) groups is 1. The summed E-state index contributed by atoms with van der Waals surface area (Å²) in [7, 11) is 3.12. The minimum atomic E-state index is -0.222. The second-order valence-electron chi connectivity index (χ2n) is 10.8. The Labute approximate surface area is 273 Å². The van der Waals surface area contributed by atoms with Gasteiger partial charge in [-0.2, -0.15) is 0 Å². The monoisotopic (exact) mass is 628 g/mol. The van der Waals surface area contributed by atoms with E-state index in [9.17, 15) is 4.79 Å². The second kappa shape index (κ2) is 14.8. The SMILES string of the molecule is COC(=O)CCc1c(Sc2ccccc2)c2cc(OC)ccc2n1CCCOc1ccc(/C=C/c2ccc3ccccc3n2)cc1. The zero-order chi connectivity index (χ0) is 31.7. The molecule has 0 saturated heterocycles. The predicted octanol–water partition coefficient (Wildman–Crippen LogP) is 9.09. The Morgan fingerprint density at radius 3 is 2.43 bits per heavy atom. The van der Waals surface area contributed by atoms with Crippen LogP contribution in [-0.2, 0) is 22.5 Å². The van der Waals surface area contributed by atoms with Crippen LogP contribution in [0.15, 0.2) is 119 Å². The molecule has 0 aliphatic heterocycles. The molecule has 0 fully saturated rings. The van der Waals surface area contributed by atoms with Crippen LogP contribution in [0.3, 0.4) is 0 Å². The van der Waals surface area contributed by atoms with E-state index in [2.05, 4.69) is 59.2 Å². The summed E-state index contributed by atoms with van der Waals surface area (Å²) in [5.41, 5.74) is 5.21. The van der Waals surface area contributed by atoms with Crippen LogP contribution in [0.5, 0.6) is 11.5 Å². The number of methoxy groups -OCH3 is 2. The van der Waals surface area contributed by atoms with Crippen molar-refractivity contribution in [3.05, 3.63) is 126 Å². The van der Waals surface area contributed by atoms with Gasteiger partial charge in [-0.25, -0.2) is 4.98 Å². The molecule has 0 atom stereocenters. The maximum absolute atomic E-state index is 12.2. The molecule has 4 aromatic carbocycles. The Morgan fingerprint density at radius 2 is 1.63 bits per heavy atom. The van der Waals surface area contributed by atoms with Gasteiger partial charge < -0.3 is 18.8 Å². The zero-order valence-corrected chi connectivity index (χ0v) is 26.8. The van der Waals surface area contributed by atoms with Gasteiger partial charge in [0, 0.05) is 38.3 Å². The fourth-order valence-corrected chi connectivity index (χ4v) is 6.61. The number of nitrogens with zero attached hydrogens (tertiary/aromatic N) is 2. The van der Waals surface area contributed by atoms with Crippen LogP contribution in [-0.4, -0.2) is 36.3 Å². The minimum absolute atomic E-state index is 0.222. The van der Waals surface area contributed by atoms with Gasteiger partial charge in [-0.1, -0.05) is 72.4 Å². The Bertz CT molecular complexity index is 1970. The molecule has 0 aliphatic rings. The van der Waals surface area contributed by atoms with Crippen LogP contribution in [0.1, 0.15) is 29.8 Å². The van der Waals surface area contributed by atoms with E-state index in [1.54, 1.807) is 18.9 Å². The third kappa shape index (κ3) is 7.44. The zero-order valence-electron chi connectivity index (χ0n) is 26.0. The summed E-state index contributed by atoms with van der Waals surface area (Å²) in [6.45, 7) is 1.30. The van der Waals surface area contributed by atoms with Crippen LogP contribution in [0.2, 0.25) is 0 Å². The lowest BCUT2D eigenvalue weighted by Crippen LogP contribution is -2.10. The highest BCUT2D eigenvalue weighted by molar-refractivity contribution is 7.99. The molecule has 46 heavy (non-hydrogen) atoms. The first-order chi connectivity index (χ1) is 22.6. The lowest BCUT2D eigenvalue weighted by atomic mass is 10.1. The van der Waals surface area contributed by atoms with Gasteiger partial charge in [-0.15, -0.1) is 0 Å². The van der Waals surface area contributed by atoms with Gasteiger partial charge in [0.25, 0.3) is 0 Å². The van der Waals surface area contributed by atoms with Crippen molar-refractivity contribution in [3.8, 4) is 11.5 Å². The highest BCUT2D eigenvalue weighted by atomic mass is 32.2. The Balaban J connectivity index is 1.15. The molecule has 6 aromatic rings. The van der Waals surface area contributed by atoms with E-state index in [0.717, 1.165) is 73.0 Å². The van der Waals surface area contributed by atoms with Gasteiger partial charge in [0.2, 0.25) is 0 Å². The first kappa shape index (κ1) is 31.0. The maximum atomic E-state index is 12.2. The fourth-order valence-electron chi connectivity index (χ4n) is 5.47. The van der Waals surface area contributed by atoms with E-state index < -0.39 is 0 Å². The van der Waals surface area contributed by atoms with Crippen LogP contribution >= 0.6 is 11.8 Å². The molecule has 0 aliphatic carbocycles. The summed E-state index contributed by atoms with van der Waals surface area (Å²) in [6, 6.07) is 36.8. The van der Waals surface area contributed by atoms with E-state index in [1.807, 2.05) is 66.7 Å². The van der Waals surface area contributed by atoms with E-state index in [0.29, 0.717) is 19.4 Å². The summed E-state index contributed by atoms with van der Waals surface area (Å²) < 4.78 is 19.0. The molecule has 0 bridgehead atoms. The number of aryl methyl sites for hydroxylation is 1. The van der Waals surface area contributed by atoms with Crippen LogP contribution in [0.25, 0.3) is 34.0 Å². The van der Waals surface area contributed by atoms with E-state index >= 15 is 0 Å². The number of aromatic nitrogens is 2. The molecule has 0 unspecified atom stereocenters. The molecule has 0 amide bonds. The molecular weight excluding hydrogens is 593 g/mol. The quantitative estimate of drug-likeness (QED) is 0.0939. The Kier molecular flexibility index (Phi) is 10.0. The summed E-state index contributed by atoms with van der Waals surface area (Å²) in [5.74, 6) is 1.41. The molecule has 0 radical (unpaired) electrons. The molecule has 6 rings (SSSR count). The molecule has 0 spiro atoms. The van der Waals surface area contributed by atoms with Gasteiger partial charge in [-0.05, 0) is 79.1 Å². The highest BCUT2D eigenvalue weighted by Crippen LogP contribution is 2.40. The molecule has 6 nitrogen and oxygen atoms in total. The molecule has 2 heterocycles. The van der Waals surface area contributed by atoms with Gasteiger partial charge in [-0.3, -0.25) is 4.79 Å². The highest BCUT2D eigenvalue weighted by Gasteiger charge is 2.20. The summed E-state index contributed by atoms with van der Waals surface area (Å²) in [6.07, 6.45) is 5.77. The third-order valence-corrected chi connectivity index (χ3v) is 8.99. The Morgan fingerprint density at radius 1 is 0.848 bits per heavy atom. The number of carbonyl (C=O) groups excluding carboxylic acids is 1. The number of ether oxygens (including phenoxy) is 3. The normalized spacial score (nSPS) is 11.3. The van der Waals surface area contributed by atoms with Gasteiger partial charge >= 0.3 is 5.97 Å². The van der Waals surface area contributed by atoms with Crippen molar-refractivity contribution < 1.29 is 19.0 Å². The Hall–Kier alpha value is -5.01. The molecule has 232 valence electrons. The van der Waals surface area contributed by atoms with Crippen molar-refractivity contribution in [3.63, 3.8) is 0 Å². The van der Waals surface area contributed by atoms with Crippen LogP contribution in [0.4, 0.5) is 0 Å². The lowest BCUT2D eigenvalue weighted by molar-refractivity contribution is -0.140. The average Bonchev–Trinajstić information content (AvgIpc) is 3.39. The average molecular weight is 629 g/mol. The van der Waals surface area contributed by atoms with E-state index in [1.165, 1.54) is 7.11 Å². The number of fused-ring (bicyclic) bond motifs is 2. The number of para-hydroxylation sites is 1. The lowest BCUT2D eigenvalue weighted by Gasteiger charge is -2.13. The van der Waals surface area contributed by atoms with Gasteiger partial charge in [0.1, 0.15) is 11.5 Å². The van der Waals surface area contributed by atoms with Crippen molar-refractivity contribution >= 4 is 51.7 Å². The number of esters is 1. The minimum Gasteiger partial charge on any atom is -0.497 e. The number of pyridine rings is 1. The number of hydrogen-bond acceptors (Lipinski definition) is 6. The number of hydrogen-bond donors (Lipinski definition) is 0. The largest absolute Gasteiger partial charge is 0.497 e. The van der Waals surface area contributed by atoms with Crippen molar-refractivity contribution in [1.29, 1.82) is 0 Å². The summed E-state index contributed by atoms with van der Waals surface area (Å²) in [4.78, 5) is 19.2. The molecular formula is C39H36N2O4S.